The van der Waals surface area contributed by atoms with Gasteiger partial charge in [-0.1, -0.05) is 53.8 Å². The summed E-state index contributed by atoms with van der Waals surface area (Å²) in [6, 6.07) is 24.7. The summed E-state index contributed by atoms with van der Waals surface area (Å²) in [6.45, 7) is 0.399. The number of nitrogens with zero attached hydrogens (tertiary/aromatic N) is 3. The third-order valence-corrected chi connectivity index (χ3v) is 7.65. The molecular weight excluding hydrogens is 526 g/mol. The number of rotatable bonds is 7. The molecule has 1 saturated heterocycles. The lowest BCUT2D eigenvalue weighted by atomic mass is 9.95. The summed E-state index contributed by atoms with van der Waals surface area (Å²) in [4.78, 5) is 36.9. The van der Waals surface area contributed by atoms with Crippen molar-refractivity contribution in [3.63, 3.8) is 0 Å². The van der Waals surface area contributed by atoms with Crippen LogP contribution in [-0.2, 0) is 16.2 Å². The molecule has 0 bridgehead atoms. The summed E-state index contributed by atoms with van der Waals surface area (Å²) in [5, 5.41) is 11.6. The van der Waals surface area contributed by atoms with Crippen molar-refractivity contribution < 1.29 is 24.2 Å². The number of aliphatic hydroxyl groups is 1. The molecule has 1 atom stereocenters. The molecule has 2 aromatic heterocycles. The summed E-state index contributed by atoms with van der Waals surface area (Å²) in [5.74, 6) is -0.548. The number of ether oxygens (including phenoxy) is 2. The number of pyridine rings is 1. The number of thiazole rings is 1. The van der Waals surface area contributed by atoms with Gasteiger partial charge in [-0.05, 0) is 53.6 Å². The van der Waals surface area contributed by atoms with Gasteiger partial charge in [-0.15, -0.1) is 0 Å². The molecule has 1 aliphatic rings. The molecule has 0 saturated carbocycles. The molecule has 3 heterocycles. The number of ketones is 1. The number of carbonyl (C=O) groups excluding carboxylic acids is 2. The second-order valence-electron chi connectivity index (χ2n) is 9.08. The third kappa shape index (κ3) is 4.67. The van der Waals surface area contributed by atoms with Gasteiger partial charge in [0.1, 0.15) is 23.9 Å². The van der Waals surface area contributed by atoms with Crippen molar-refractivity contribution in [1.82, 2.24) is 9.97 Å². The SMILES string of the molecule is COc1ccc2nc(N3C(=O)C(=O)/C(=C(/O)c4ccncc4)C3c3ccc(OCc4ccccc4)cc3)sc2c1. The van der Waals surface area contributed by atoms with E-state index in [-0.39, 0.29) is 11.3 Å². The zero-order chi connectivity index (χ0) is 27.6. The van der Waals surface area contributed by atoms with Crippen LogP contribution in [0.2, 0.25) is 0 Å². The number of hydrogen-bond acceptors (Lipinski definition) is 8. The Kier molecular flexibility index (Phi) is 6.71. The second-order valence-corrected chi connectivity index (χ2v) is 10.1. The van der Waals surface area contributed by atoms with E-state index >= 15 is 0 Å². The van der Waals surface area contributed by atoms with Crippen LogP contribution in [0, 0.1) is 0 Å². The molecule has 3 aromatic carbocycles. The highest BCUT2D eigenvalue weighted by Gasteiger charge is 2.48. The Balaban J connectivity index is 1.42. The molecule has 40 heavy (non-hydrogen) atoms. The van der Waals surface area contributed by atoms with Crippen LogP contribution in [0.15, 0.2) is 103 Å². The van der Waals surface area contributed by atoms with Gasteiger partial charge in [0.25, 0.3) is 5.78 Å². The van der Waals surface area contributed by atoms with Crippen molar-refractivity contribution in [3.8, 4) is 11.5 Å². The van der Waals surface area contributed by atoms with Crippen LogP contribution >= 0.6 is 11.3 Å². The molecule has 1 aliphatic heterocycles. The molecule has 6 rings (SSSR count). The molecule has 8 nitrogen and oxygen atoms in total. The van der Waals surface area contributed by atoms with Gasteiger partial charge in [0, 0.05) is 18.0 Å². The van der Waals surface area contributed by atoms with Crippen molar-refractivity contribution in [2.45, 2.75) is 12.6 Å². The quantitative estimate of drug-likeness (QED) is 0.153. The first-order valence-corrected chi connectivity index (χ1v) is 13.3. The number of amides is 1. The van der Waals surface area contributed by atoms with Crippen LogP contribution in [0.4, 0.5) is 5.13 Å². The fourth-order valence-electron chi connectivity index (χ4n) is 4.62. The molecule has 1 amide bonds. The lowest BCUT2D eigenvalue weighted by Gasteiger charge is -2.23. The van der Waals surface area contributed by atoms with E-state index in [4.69, 9.17) is 9.47 Å². The zero-order valence-electron chi connectivity index (χ0n) is 21.4. The second kappa shape index (κ2) is 10.6. The topological polar surface area (TPSA) is 102 Å². The van der Waals surface area contributed by atoms with Gasteiger partial charge >= 0.3 is 5.91 Å². The van der Waals surface area contributed by atoms with Crippen LogP contribution in [0.5, 0.6) is 11.5 Å². The van der Waals surface area contributed by atoms with Gasteiger partial charge in [0.15, 0.2) is 5.13 Å². The van der Waals surface area contributed by atoms with Crippen LogP contribution in [0.25, 0.3) is 16.0 Å². The van der Waals surface area contributed by atoms with Crippen LogP contribution in [0.3, 0.4) is 0 Å². The van der Waals surface area contributed by atoms with Gasteiger partial charge in [-0.2, -0.15) is 0 Å². The number of aromatic nitrogens is 2. The predicted octanol–water partition coefficient (Wildman–Crippen LogP) is 5.91. The maximum Gasteiger partial charge on any atom is 0.301 e. The zero-order valence-corrected chi connectivity index (χ0v) is 22.2. The van der Waals surface area contributed by atoms with E-state index in [9.17, 15) is 14.7 Å². The van der Waals surface area contributed by atoms with Gasteiger partial charge < -0.3 is 14.6 Å². The summed E-state index contributed by atoms with van der Waals surface area (Å²) >= 11 is 1.27. The lowest BCUT2D eigenvalue weighted by molar-refractivity contribution is -0.132. The van der Waals surface area contributed by atoms with Crippen molar-refractivity contribution in [2.24, 2.45) is 0 Å². The van der Waals surface area contributed by atoms with Crippen LogP contribution in [0.1, 0.15) is 22.7 Å². The van der Waals surface area contributed by atoms with Gasteiger partial charge in [0.2, 0.25) is 0 Å². The number of anilines is 1. The fraction of sp³-hybridized carbons (Fsp3) is 0.0968. The number of aliphatic hydroxyl groups excluding tert-OH is 1. The number of hydrogen-bond donors (Lipinski definition) is 1. The third-order valence-electron chi connectivity index (χ3n) is 6.63. The van der Waals surface area contributed by atoms with Crippen molar-refractivity contribution in [1.29, 1.82) is 0 Å². The first kappa shape index (κ1) is 25.3. The van der Waals surface area contributed by atoms with Gasteiger partial charge in [0.05, 0.1) is 28.9 Å². The highest BCUT2D eigenvalue weighted by Crippen LogP contribution is 2.44. The highest BCUT2D eigenvalue weighted by atomic mass is 32.1. The van der Waals surface area contributed by atoms with E-state index in [1.807, 2.05) is 36.4 Å². The first-order chi connectivity index (χ1) is 19.5. The first-order valence-electron chi connectivity index (χ1n) is 12.5. The minimum absolute atomic E-state index is 0.0222. The molecule has 0 radical (unpaired) electrons. The van der Waals surface area contributed by atoms with Gasteiger partial charge in [-0.25, -0.2) is 4.98 Å². The van der Waals surface area contributed by atoms with Crippen LogP contribution in [-0.4, -0.2) is 33.9 Å². The van der Waals surface area contributed by atoms with E-state index < -0.39 is 17.7 Å². The van der Waals surface area contributed by atoms with Crippen molar-refractivity contribution in [2.75, 3.05) is 12.0 Å². The maximum absolute atomic E-state index is 13.5. The average molecular weight is 550 g/mol. The normalized spacial score (nSPS) is 16.4. The van der Waals surface area contributed by atoms with E-state index in [2.05, 4.69) is 9.97 Å². The number of carbonyl (C=O) groups is 2. The molecule has 0 aliphatic carbocycles. The van der Waals surface area contributed by atoms with E-state index in [1.165, 1.54) is 28.6 Å². The standard InChI is InChI=1S/C31H23N3O5S/c1-38-23-11-12-24-25(17-23)40-31(33-24)34-27(26(29(36)30(34)37)28(35)21-13-15-32-16-14-21)20-7-9-22(10-8-20)39-18-19-5-3-2-4-6-19/h2-17,27,35H,18H2,1H3/b28-26+. The number of Topliss-reactive ketones (excluding diaryl/α,β-unsaturated/α-hetero) is 1. The maximum atomic E-state index is 13.5. The Morgan fingerprint density at radius 3 is 2.40 bits per heavy atom. The van der Waals surface area contributed by atoms with Crippen molar-refractivity contribution in [3.05, 3.63) is 120 Å². The Hall–Kier alpha value is -5.02. The Bertz CT molecular complexity index is 1730. The minimum Gasteiger partial charge on any atom is -0.507 e. The largest absolute Gasteiger partial charge is 0.507 e. The minimum atomic E-state index is -0.904. The molecule has 198 valence electrons. The molecule has 1 fully saturated rings. The summed E-state index contributed by atoms with van der Waals surface area (Å²) < 4.78 is 12.1. The summed E-state index contributed by atoms with van der Waals surface area (Å²) in [6.07, 6.45) is 3.03. The fourth-order valence-corrected chi connectivity index (χ4v) is 5.64. The molecule has 9 heteroatoms. The van der Waals surface area contributed by atoms with Crippen molar-refractivity contribution >= 4 is 44.1 Å². The summed E-state index contributed by atoms with van der Waals surface area (Å²) in [7, 11) is 1.58. The van der Waals surface area contributed by atoms with E-state index in [0.717, 1.165) is 10.3 Å². The average Bonchev–Trinajstić information content (AvgIpc) is 3.54. The molecule has 5 aromatic rings. The predicted molar refractivity (Wildman–Crippen MR) is 152 cm³/mol. The molecule has 1 unspecified atom stereocenters. The van der Waals surface area contributed by atoms with Crippen LogP contribution < -0.4 is 14.4 Å². The highest BCUT2D eigenvalue weighted by molar-refractivity contribution is 7.22. The molecular formula is C31H23N3O5S. The number of methoxy groups -OCH3 is 1. The lowest BCUT2D eigenvalue weighted by Crippen LogP contribution is -2.29. The molecule has 1 N–H and O–H groups in total. The van der Waals surface area contributed by atoms with E-state index in [0.29, 0.717) is 39.9 Å². The number of benzene rings is 3. The summed E-state index contributed by atoms with van der Waals surface area (Å²) in [5.41, 5.74) is 2.68. The van der Waals surface area contributed by atoms with Gasteiger partial charge in [-0.3, -0.25) is 19.5 Å². The Morgan fingerprint density at radius 1 is 0.950 bits per heavy atom. The Labute approximate surface area is 233 Å². The number of fused-ring (bicyclic) bond motifs is 1. The molecule has 0 spiro atoms. The van der Waals surface area contributed by atoms with E-state index in [1.54, 1.807) is 55.6 Å². The smallest absolute Gasteiger partial charge is 0.301 e. The monoisotopic (exact) mass is 549 g/mol. The Morgan fingerprint density at radius 2 is 1.68 bits per heavy atom.